The van der Waals surface area contributed by atoms with Gasteiger partial charge in [0.1, 0.15) is 0 Å². The Labute approximate surface area is 540 Å². The zero-order chi connectivity index (χ0) is 61.4. The molecule has 0 unspecified atom stereocenters. The molecular weight excluding hydrogens is 1110 g/mol. The van der Waals surface area contributed by atoms with Gasteiger partial charge in [-0.2, -0.15) is 0 Å². The van der Waals surface area contributed by atoms with Crippen LogP contribution in [0.4, 0.5) is 34.1 Å². The maximum Gasteiger partial charge on any atom is 0.0540 e. The summed E-state index contributed by atoms with van der Waals surface area (Å²) in [6.07, 6.45) is 0. The zero-order valence-corrected chi connectivity index (χ0v) is 50.8. The number of hydrogen-bond donors (Lipinski definition) is 0. The molecule has 2 heteroatoms. The lowest BCUT2D eigenvalue weighted by atomic mass is 9.92. The highest BCUT2D eigenvalue weighted by atomic mass is 15.2. The van der Waals surface area contributed by atoms with Crippen LogP contribution >= 0.6 is 0 Å². The van der Waals surface area contributed by atoms with Crippen molar-refractivity contribution in [3.05, 3.63) is 388 Å². The second kappa shape index (κ2) is 25.9. The molecule has 0 aliphatic carbocycles. The van der Waals surface area contributed by atoms with Gasteiger partial charge >= 0.3 is 0 Å². The van der Waals surface area contributed by atoms with Crippen LogP contribution in [0.15, 0.2) is 388 Å². The summed E-state index contributed by atoms with van der Waals surface area (Å²) >= 11 is 0. The first-order chi connectivity index (χ1) is 45.6. The number of benzene rings is 15. The lowest BCUT2D eigenvalue weighted by molar-refractivity contribution is 1.28. The minimum absolute atomic E-state index is 1.05. The molecule has 15 aromatic rings. The highest BCUT2D eigenvalue weighted by Crippen LogP contribution is 2.48. The van der Waals surface area contributed by atoms with Crippen molar-refractivity contribution in [1.82, 2.24) is 0 Å². The predicted molar refractivity (Wildman–Crippen MR) is 390 cm³/mol. The van der Waals surface area contributed by atoms with Gasteiger partial charge in [0.25, 0.3) is 0 Å². The fourth-order valence-electron chi connectivity index (χ4n) is 12.8. The monoisotopic (exact) mass is 1170 g/mol. The van der Waals surface area contributed by atoms with Crippen molar-refractivity contribution >= 4 is 34.1 Å². The van der Waals surface area contributed by atoms with Crippen molar-refractivity contribution in [3.8, 4) is 111 Å². The molecule has 0 aromatic heterocycles. The smallest absolute Gasteiger partial charge is 0.0540 e. The summed E-state index contributed by atoms with van der Waals surface area (Å²) < 4.78 is 0. The molecule has 2 nitrogen and oxygen atoms in total. The van der Waals surface area contributed by atoms with E-state index in [0.29, 0.717) is 0 Å². The second-order valence-corrected chi connectivity index (χ2v) is 23.3. The van der Waals surface area contributed by atoms with Crippen molar-refractivity contribution in [1.29, 1.82) is 0 Å². The molecule has 92 heavy (non-hydrogen) atoms. The summed E-state index contributed by atoms with van der Waals surface area (Å²) in [6.45, 7) is 0. The van der Waals surface area contributed by atoms with Crippen LogP contribution in [0.25, 0.3) is 111 Å². The Morgan fingerprint density at radius 3 is 0.761 bits per heavy atom. The van der Waals surface area contributed by atoms with E-state index < -0.39 is 0 Å². The van der Waals surface area contributed by atoms with Crippen molar-refractivity contribution in [2.24, 2.45) is 0 Å². The molecule has 0 heterocycles. The van der Waals surface area contributed by atoms with E-state index in [9.17, 15) is 0 Å². The van der Waals surface area contributed by atoms with E-state index in [4.69, 9.17) is 0 Å². The lowest BCUT2D eigenvalue weighted by Gasteiger charge is -2.30. The van der Waals surface area contributed by atoms with Crippen LogP contribution < -0.4 is 9.80 Å². The molecule has 0 aliphatic rings. The third kappa shape index (κ3) is 12.0. The molecule has 0 N–H and O–H groups in total. The molecule has 0 atom stereocenters. The molecule has 0 bridgehead atoms. The van der Waals surface area contributed by atoms with Crippen LogP contribution in [0, 0.1) is 0 Å². The van der Waals surface area contributed by atoms with Gasteiger partial charge in [0.2, 0.25) is 0 Å². The van der Waals surface area contributed by atoms with E-state index in [1.54, 1.807) is 0 Å². The van der Waals surface area contributed by atoms with Gasteiger partial charge in [-0.1, -0.05) is 297 Å². The Morgan fingerprint density at radius 2 is 0.370 bits per heavy atom. The van der Waals surface area contributed by atoms with E-state index >= 15 is 0 Å². The predicted octanol–water partition coefficient (Wildman–Crippen LogP) is 25.3. The van der Waals surface area contributed by atoms with E-state index in [-0.39, 0.29) is 0 Å². The highest BCUT2D eigenvalue weighted by Gasteiger charge is 2.23. The molecule has 0 spiro atoms. The molecule has 0 fully saturated rings. The first kappa shape index (κ1) is 56.4. The van der Waals surface area contributed by atoms with E-state index in [2.05, 4.69) is 398 Å². The number of nitrogens with zero attached hydrogens (tertiary/aromatic N) is 2. The summed E-state index contributed by atoms with van der Waals surface area (Å²) in [5.74, 6) is 0. The van der Waals surface area contributed by atoms with Gasteiger partial charge in [-0.3, -0.25) is 0 Å². The maximum absolute atomic E-state index is 2.46. The average Bonchev–Trinajstić information content (AvgIpc) is 0.845. The molecule has 0 aliphatic heterocycles. The van der Waals surface area contributed by atoms with Gasteiger partial charge in [0.05, 0.1) is 11.4 Å². The van der Waals surface area contributed by atoms with Gasteiger partial charge in [-0.15, -0.1) is 0 Å². The van der Waals surface area contributed by atoms with Gasteiger partial charge in [-0.25, -0.2) is 0 Å². The van der Waals surface area contributed by atoms with Gasteiger partial charge in [-0.05, 0) is 191 Å². The van der Waals surface area contributed by atoms with Crippen molar-refractivity contribution in [2.75, 3.05) is 9.80 Å². The summed E-state index contributed by atoms with van der Waals surface area (Å²) in [4.78, 5) is 4.89. The van der Waals surface area contributed by atoms with Crippen molar-refractivity contribution < 1.29 is 0 Å². The second-order valence-electron chi connectivity index (χ2n) is 23.3. The Hall–Kier alpha value is -12.1. The Balaban J connectivity index is 0.840. The minimum atomic E-state index is 1.05. The first-order valence-corrected chi connectivity index (χ1v) is 31.5. The van der Waals surface area contributed by atoms with Gasteiger partial charge < -0.3 is 9.80 Å². The summed E-state index contributed by atoms with van der Waals surface area (Å²) in [7, 11) is 0. The fourth-order valence-corrected chi connectivity index (χ4v) is 12.8. The van der Waals surface area contributed by atoms with Crippen LogP contribution in [0.3, 0.4) is 0 Å². The number of anilines is 6. The molecule has 0 amide bonds. The fraction of sp³-hybridized carbons (Fsp3) is 0. The molecular formula is C90H64N2. The number of rotatable bonds is 16. The Bertz CT molecular complexity index is 4880. The third-order valence-corrected chi connectivity index (χ3v) is 17.4. The lowest BCUT2D eigenvalue weighted by Crippen LogP contribution is -2.12. The zero-order valence-electron chi connectivity index (χ0n) is 50.8. The van der Waals surface area contributed by atoms with E-state index in [1.165, 1.54) is 33.4 Å². The van der Waals surface area contributed by atoms with Gasteiger partial charge in [0.15, 0.2) is 0 Å². The van der Waals surface area contributed by atoms with Crippen LogP contribution in [0.1, 0.15) is 0 Å². The minimum Gasteiger partial charge on any atom is -0.310 e. The van der Waals surface area contributed by atoms with E-state index in [0.717, 1.165) is 112 Å². The summed E-state index contributed by atoms with van der Waals surface area (Å²) in [6, 6.07) is 141. The molecule has 15 rings (SSSR count). The first-order valence-electron chi connectivity index (χ1n) is 31.5. The number of para-hydroxylation sites is 1. The topological polar surface area (TPSA) is 6.48 Å². The average molecular weight is 1170 g/mol. The summed E-state index contributed by atoms with van der Waals surface area (Å²) in [5.41, 5.74) is 29.4. The number of hydrogen-bond acceptors (Lipinski definition) is 2. The third-order valence-electron chi connectivity index (χ3n) is 17.4. The summed E-state index contributed by atoms with van der Waals surface area (Å²) in [5, 5.41) is 0. The van der Waals surface area contributed by atoms with Crippen LogP contribution in [-0.4, -0.2) is 0 Å². The maximum atomic E-state index is 2.46. The van der Waals surface area contributed by atoms with Gasteiger partial charge in [0, 0.05) is 33.9 Å². The largest absolute Gasteiger partial charge is 0.310 e. The quantitative estimate of drug-likeness (QED) is 0.0951. The highest BCUT2D eigenvalue weighted by molar-refractivity contribution is 5.96. The van der Waals surface area contributed by atoms with Crippen LogP contribution in [0.5, 0.6) is 0 Å². The standard InChI is InChI=1S/C90H64N2/c1-8-27-65(28-9-1)74-41-24-44-83(59-74)91(89-48-23-22-47-87(89)82-57-78(67-31-12-3-13-32-67)55-79(58-82)68-33-14-4-15-34-68)84-45-26-43-76(61-84)71-49-51-72(52-50-71)77-53-54-90(88(64-77)73-39-20-7-21-40-73)92(85-46-25-42-75(60-85)66-29-10-2-11-30-66)86-62-80(69-35-16-5-17-36-69)56-81(63-86)70-37-18-6-19-38-70/h1-64H. The normalized spacial score (nSPS) is 11.0. The van der Waals surface area contributed by atoms with Crippen molar-refractivity contribution in [2.45, 2.75) is 0 Å². The Kier molecular flexibility index (Phi) is 15.9. The van der Waals surface area contributed by atoms with E-state index in [1.807, 2.05) is 0 Å². The molecule has 0 radical (unpaired) electrons. The van der Waals surface area contributed by atoms with Crippen LogP contribution in [0.2, 0.25) is 0 Å². The molecule has 15 aromatic carbocycles. The molecule has 0 saturated heterocycles. The Morgan fingerprint density at radius 1 is 0.120 bits per heavy atom. The van der Waals surface area contributed by atoms with Crippen LogP contribution in [-0.2, 0) is 0 Å². The molecule has 0 saturated carbocycles. The molecule has 434 valence electrons. The SMILES string of the molecule is c1ccc(-c2cc(-c3ccccc3)cc(-c3ccccc3N(c3cccc(-c4ccccc4)c3)c3cccc(-c4ccc(-c5ccc(N(c6cccc(-c7ccccc7)c6)c6cc(-c7ccccc7)cc(-c7ccccc7)c6)c(-c6ccccc6)c5)cc4)c3)c2)cc1. The van der Waals surface area contributed by atoms with Crippen molar-refractivity contribution in [3.63, 3.8) is 0 Å².